The second kappa shape index (κ2) is 10.9. The Kier molecular flexibility index (Phi) is 6.25. The third-order valence-electron chi connectivity index (χ3n) is 9.45. The molecule has 0 aliphatic heterocycles. The Labute approximate surface area is 268 Å². The molecule has 0 spiro atoms. The standard InChI is InChI=1S/C46H30/c1-3-15-31(16-4-1)35-21-9-10-22-36(35)43-29-45-40-26-14-13-25-39(40)44(30-46(45)38-24-12-11-23-37(38)43)42-28-34-20-8-7-19-33(34)27-41(42)32-17-5-2-6-18-32/h1-30H. The topological polar surface area (TPSA) is 0 Å². The molecule has 0 aromatic heterocycles. The van der Waals surface area contributed by atoms with Crippen molar-refractivity contribution in [1.29, 1.82) is 0 Å². The van der Waals surface area contributed by atoms with E-state index in [1.807, 2.05) is 0 Å². The highest BCUT2D eigenvalue weighted by Crippen LogP contribution is 2.45. The van der Waals surface area contributed by atoms with Crippen molar-refractivity contribution in [1.82, 2.24) is 0 Å². The average molecular weight is 583 g/mol. The quantitative estimate of drug-likeness (QED) is 0.181. The van der Waals surface area contributed by atoms with Crippen molar-refractivity contribution in [2.45, 2.75) is 0 Å². The van der Waals surface area contributed by atoms with Gasteiger partial charge in [-0.25, -0.2) is 0 Å². The maximum absolute atomic E-state index is 2.45. The molecule has 0 bridgehead atoms. The molecule has 0 saturated heterocycles. The Balaban J connectivity index is 1.39. The van der Waals surface area contributed by atoms with Crippen LogP contribution in [-0.4, -0.2) is 0 Å². The summed E-state index contributed by atoms with van der Waals surface area (Å²) in [5.41, 5.74) is 9.98. The van der Waals surface area contributed by atoms with Crippen molar-refractivity contribution in [2.24, 2.45) is 0 Å². The maximum Gasteiger partial charge on any atom is -0.00923 e. The van der Waals surface area contributed by atoms with Gasteiger partial charge in [-0.1, -0.05) is 158 Å². The van der Waals surface area contributed by atoms with Crippen LogP contribution in [0.25, 0.3) is 87.6 Å². The summed E-state index contributed by atoms with van der Waals surface area (Å²) in [5.74, 6) is 0. The Bertz CT molecular complexity index is 2560. The number of rotatable bonds is 4. The van der Waals surface area contributed by atoms with E-state index in [0.717, 1.165) is 0 Å². The number of hydrogen-bond donors (Lipinski definition) is 0. The summed E-state index contributed by atoms with van der Waals surface area (Å²) < 4.78 is 0. The minimum Gasteiger partial charge on any atom is -0.0622 e. The zero-order valence-corrected chi connectivity index (χ0v) is 25.3. The molecule has 0 aliphatic carbocycles. The van der Waals surface area contributed by atoms with Crippen molar-refractivity contribution >= 4 is 43.1 Å². The van der Waals surface area contributed by atoms with Crippen LogP contribution in [0.15, 0.2) is 182 Å². The van der Waals surface area contributed by atoms with Crippen LogP contribution in [0.2, 0.25) is 0 Å². The third-order valence-corrected chi connectivity index (χ3v) is 9.45. The Morgan fingerprint density at radius 1 is 0.196 bits per heavy atom. The lowest BCUT2D eigenvalue weighted by atomic mass is 9.84. The summed E-state index contributed by atoms with van der Waals surface area (Å²) in [6.07, 6.45) is 0. The lowest BCUT2D eigenvalue weighted by Crippen LogP contribution is -1.92. The normalized spacial score (nSPS) is 11.5. The van der Waals surface area contributed by atoms with Crippen molar-refractivity contribution in [3.63, 3.8) is 0 Å². The van der Waals surface area contributed by atoms with Gasteiger partial charge in [-0.2, -0.15) is 0 Å². The monoisotopic (exact) mass is 582 g/mol. The van der Waals surface area contributed by atoms with E-state index in [4.69, 9.17) is 0 Å². The fourth-order valence-corrected chi connectivity index (χ4v) is 7.30. The lowest BCUT2D eigenvalue weighted by molar-refractivity contribution is 1.60. The van der Waals surface area contributed by atoms with Gasteiger partial charge in [0, 0.05) is 0 Å². The van der Waals surface area contributed by atoms with Crippen molar-refractivity contribution < 1.29 is 0 Å². The smallest absolute Gasteiger partial charge is 0.00923 e. The summed E-state index contributed by atoms with van der Waals surface area (Å²) in [5, 5.41) is 10.1. The first-order chi connectivity index (χ1) is 22.8. The van der Waals surface area contributed by atoms with Gasteiger partial charge in [0.05, 0.1) is 0 Å². The van der Waals surface area contributed by atoms with E-state index in [2.05, 4.69) is 182 Å². The molecule has 0 atom stereocenters. The van der Waals surface area contributed by atoms with Gasteiger partial charge in [0.2, 0.25) is 0 Å². The first-order valence-electron chi connectivity index (χ1n) is 15.9. The van der Waals surface area contributed by atoms with E-state index in [1.165, 1.54) is 87.6 Å². The summed E-state index contributed by atoms with van der Waals surface area (Å²) in [6.45, 7) is 0. The molecule has 46 heavy (non-hydrogen) atoms. The molecular formula is C46H30. The maximum atomic E-state index is 2.45. The lowest BCUT2D eigenvalue weighted by Gasteiger charge is -2.19. The van der Waals surface area contributed by atoms with E-state index in [9.17, 15) is 0 Å². The summed E-state index contributed by atoms with van der Waals surface area (Å²) >= 11 is 0. The number of fused-ring (bicyclic) bond motifs is 6. The molecule has 0 radical (unpaired) electrons. The average Bonchev–Trinajstić information content (AvgIpc) is 3.14. The van der Waals surface area contributed by atoms with E-state index in [1.54, 1.807) is 0 Å². The summed E-state index contributed by atoms with van der Waals surface area (Å²) in [6, 6.07) is 66.6. The van der Waals surface area contributed by atoms with Crippen molar-refractivity contribution in [2.75, 3.05) is 0 Å². The Morgan fingerprint density at radius 3 is 1.15 bits per heavy atom. The fourth-order valence-electron chi connectivity index (χ4n) is 7.30. The molecule has 0 amide bonds. The highest BCUT2D eigenvalue weighted by Gasteiger charge is 2.18. The molecule has 0 nitrogen and oxygen atoms in total. The van der Waals surface area contributed by atoms with Crippen molar-refractivity contribution in [3.05, 3.63) is 182 Å². The van der Waals surface area contributed by atoms with E-state index < -0.39 is 0 Å². The second-order valence-electron chi connectivity index (χ2n) is 12.1. The Morgan fingerprint density at radius 2 is 0.587 bits per heavy atom. The van der Waals surface area contributed by atoms with Crippen LogP contribution >= 0.6 is 0 Å². The highest BCUT2D eigenvalue weighted by molar-refractivity contribution is 6.24. The predicted molar refractivity (Wildman–Crippen MR) is 198 cm³/mol. The molecule has 9 rings (SSSR count). The Hall–Kier alpha value is -5.98. The van der Waals surface area contributed by atoms with E-state index in [0.29, 0.717) is 0 Å². The third kappa shape index (κ3) is 4.30. The molecule has 214 valence electrons. The van der Waals surface area contributed by atoms with Crippen LogP contribution in [0.1, 0.15) is 0 Å². The van der Waals surface area contributed by atoms with Gasteiger partial charge >= 0.3 is 0 Å². The largest absolute Gasteiger partial charge is 0.0622 e. The van der Waals surface area contributed by atoms with Gasteiger partial charge in [0.1, 0.15) is 0 Å². The van der Waals surface area contributed by atoms with Gasteiger partial charge in [-0.15, -0.1) is 0 Å². The minimum absolute atomic E-state index is 1.23. The number of benzene rings is 9. The predicted octanol–water partition coefficient (Wildman–Crippen LogP) is 13.0. The molecule has 0 N–H and O–H groups in total. The van der Waals surface area contributed by atoms with Gasteiger partial charge in [-0.05, 0) is 112 Å². The fraction of sp³-hybridized carbons (Fsp3) is 0. The molecule has 0 unspecified atom stereocenters. The van der Waals surface area contributed by atoms with Crippen LogP contribution in [0.5, 0.6) is 0 Å². The van der Waals surface area contributed by atoms with E-state index in [-0.39, 0.29) is 0 Å². The van der Waals surface area contributed by atoms with Crippen LogP contribution < -0.4 is 0 Å². The summed E-state index contributed by atoms with van der Waals surface area (Å²) in [7, 11) is 0. The molecule has 0 saturated carbocycles. The molecule has 0 heterocycles. The van der Waals surface area contributed by atoms with E-state index >= 15 is 0 Å². The highest BCUT2D eigenvalue weighted by atomic mass is 14.2. The summed E-state index contributed by atoms with van der Waals surface area (Å²) in [4.78, 5) is 0. The number of hydrogen-bond acceptors (Lipinski definition) is 0. The van der Waals surface area contributed by atoms with Crippen LogP contribution in [-0.2, 0) is 0 Å². The van der Waals surface area contributed by atoms with Crippen LogP contribution in [0.3, 0.4) is 0 Å². The molecule has 0 aliphatic rings. The van der Waals surface area contributed by atoms with Crippen LogP contribution in [0, 0.1) is 0 Å². The van der Waals surface area contributed by atoms with Gasteiger partial charge in [-0.3, -0.25) is 0 Å². The zero-order chi connectivity index (χ0) is 30.5. The minimum atomic E-state index is 1.23. The molecule has 9 aromatic rings. The SMILES string of the molecule is c1ccc(-c2ccccc2-c2cc3c4ccccc4c(-c4cc5ccccc5cc4-c4ccccc4)cc3c3ccccc23)cc1. The second-order valence-corrected chi connectivity index (χ2v) is 12.1. The van der Waals surface area contributed by atoms with Crippen LogP contribution in [0.4, 0.5) is 0 Å². The molecule has 9 aromatic carbocycles. The molecule has 0 fully saturated rings. The first kappa shape index (κ1) is 26.4. The van der Waals surface area contributed by atoms with Gasteiger partial charge < -0.3 is 0 Å². The zero-order valence-electron chi connectivity index (χ0n) is 25.3. The molecule has 0 heteroatoms. The van der Waals surface area contributed by atoms with Crippen molar-refractivity contribution in [3.8, 4) is 44.5 Å². The van der Waals surface area contributed by atoms with Gasteiger partial charge in [0.15, 0.2) is 0 Å². The molecular weight excluding hydrogens is 553 g/mol. The first-order valence-corrected chi connectivity index (χ1v) is 15.9. The van der Waals surface area contributed by atoms with Gasteiger partial charge in [0.25, 0.3) is 0 Å².